The summed E-state index contributed by atoms with van der Waals surface area (Å²) >= 11 is 3.77. The second-order valence-electron chi connectivity index (χ2n) is 3.88. The zero-order valence-electron chi connectivity index (χ0n) is 9.18. The summed E-state index contributed by atoms with van der Waals surface area (Å²) in [7, 11) is 0. The molecule has 1 heterocycles. The molecular formula is C14H14BrN. The second-order valence-corrected chi connectivity index (χ2v) is 4.87. The summed E-state index contributed by atoms with van der Waals surface area (Å²) < 4.78 is 0. The van der Waals surface area contributed by atoms with Crippen LogP contribution in [0, 0.1) is 0 Å². The molecule has 2 rings (SSSR count). The van der Waals surface area contributed by atoms with Crippen LogP contribution in [0.1, 0.15) is 28.8 Å². The van der Waals surface area contributed by atoms with Gasteiger partial charge in [-0.1, -0.05) is 53.2 Å². The van der Waals surface area contributed by atoms with Crippen LogP contribution < -0.4 is 0 Å². The van der Waals surface area contributed by atoms with Gasteiger partial charge in [0.2, 0.25) is 0 Å². The van der Waals surface area contributed by atoms with Crippen molar-refractivity contribution in [3.8, 4) is 0 Å². The molecule has 0 N–H and O–H groups in total. The van der Waals surface area contributed by atoms with Crippen LogP contribution in [-0.4, -0.2) is 4.98 Å². The second kappa shape index (κ2) is 5.26. The third kappa shape index (κ3) is 2.50. The van der Waals surface area contributed by atoms with Crippen LogP contribution in [-0.2, 0) is 0 Å². The van der Waals surface area contributed by atoms with Crippen LogP contribution in [0.25, 0.3) is 0 Å². The van der Waals surface area contributed by atoms with Gasteiger partial charge in [0.1, 0.15) is 0 Å². The van der Waals surface area contributed by atoms with Gasteiger partial charge >= 0.3 is 0 Å². The Kier molecular flexibility index (Phi) is 3.73. The smallest absolute Gasteiger partial charge is 0.0461 e. The minimum atomic E-state index is 0.344. The molecule has 0 radical (unpaired) electrons. The van der Waals surface area contributed by atoms with Gasteiger partial charge < -0.3 is 0 Å². The van der Waals surface area contributed by atoms with Crippen molar-refractivity contribution in [2.45, 2.75) is 17.7 Å². The Balaban J connectivity index is 2.20. The van der Waals surface area contributed by atoms with Crippen LogP contribution in [0.15, 0.2) is 54.9 Å². The van der Waals surface area contributed by atoms with Crippen LogP contribution >= 0.6 is 15.9 Å². The first kappa shape index (κ1) is 11.3. The first-order valence-electron chi connectivity index (χ1n) is 5.38. The molecule has 2 unspecified atom stereocenters. The molecule has 0 aliphatic rings. The lowest BCUT2D eigenvalue weighted by Gasteiger charge is -2.18. The number of halogens is 1. The third-order valence-corrected chi connectivity index (χ3v) is 4.11. The molecule has 0 spiro atoms. The maximum absolute atomic E-state index is 4.04. The molecule has 1 aromatic carbocycles. The van der Waals surface area contributed by atoms with Crippen molar-refractivity contribution >= 4 is 15.9 Å². The van der Waals surface area contributed by atoms with E-state index in [0.29, 0.717) is 10.7 Å². The highest BCUT2D eigenvalue weighted by atomic mass is 79.9. The predicted octanol–water partition coefficient (Wildman–Crippen LogP) is 4.32. The number of hydrogen-bond donors (Lipinski definition) is 0. The Labute approximate surface area is 105 Å². The zero-order chi connectivity index (χ0) is 11.4. The van der Waals surface area contributed by atoms with Gasteiger partial charge in [-0.25, -0.2) is 0 Å². The summed E-state index contributed by atoms with van der Waals surface area (Å²) in [4.78, 5) is 4.39. The molecule has 0 aliphatic heterocycles. The molecule has 2 aromatic rings. The third-order valence-electron chi connectivity index (χ3n) is 2.79. The van der Waals surface area contributed by atoms with Gasteiger partial charge in [0.05, 0.1) is 0 Å². The largest absolute Gasteiger partial charge is 0.265 e. The van der Waals surface area contributed by atoms with Crippen molar-refractivity contribution in [2.75, 3.05) is 0 Å². The van der Waals surface area contributed by atoms with E-state index in [2.05, 4.69) is 64.2 Å². The standard InChI is InChI=1S/C14H14BrN/c1-11(12-7-9-16-10-8-12)14(15)13-5-3-2-4-6-13/h2-11,14H,1H3. The Morgan fingerprint density at radius 3 is 2.19 bits per heavy atom. The lowest BCUT2D eigenvalue weighted by molar-refractivity contribution is 0.750. The molecule has 82 valence electrons. The highest BCUT2D eigenvalue weighted by Crippen LogP contribution is 2.37. The molecule has 0 fully saturated rings. The maximum atomic E-state index is 4.04. The topological polar surface area (TPSA) is 12.9 Å². The molecule has 0 saturated heterocycles. The fraction of sp³-hybridized carbons (Fsp3) is 0.214. The van der Waals surface area contributed by atoms with Crippen molar-refractivity contribution in [2.24, 2.45) is 0 Å². The summed E-state index contributed by atoms with van der Waals surface area (Å²) in [5.74, 6) is 0.436. The molecular weight excluding hydrogens is 262 g/mol. The van der Waals surface area contributed by atoms with Crippen LogP contribution in [0.2, 0.25) is 0 Å². The maximum Gasteiger partial charge on any atom is 0.0461 e. The van der Waals surface area contributed by atoms with Crippen molar-refractivity contribution in [1.29, 1.82) is 0 Å². The van der Waals surface area contributed by atoms with Crippen LogP contribution in [0.3, 0.4) is 0 Å². The number of benzene rings is 1. The molecule has 2 atom stereocenters. The zero-order valence-corrected chi connectivity index (χ0v) is 10.8. The van der Waals surface area contributed by atoms with E-state index >= 15 is 0 Å². The minimum Gasteiger partial charge on any atom is -0.265 e. The summed E-state index contributed by atoms with van der Waals surface area (Å²) in [6.45, 7) is 2.22. The van der Waals surface area contributed by atoms with Crippen molar-refractivity contribution in [1.82, 2.24) is 4.98 Å². The molecule has 1 aromatic heterocycles. The highest BCUT2D eigenvalue weighted by Gasteiger charge is 2.17. The molecule has 2 heteroatoms. The number of alkyl halides is 1. The number of nitrogens with zero attached hydrogens (tertiary/aromatic N) is 1. The average molecular weight is 276 g/mol. The number of pyridine rings is 1. The van der Waals surface area contributed by atoms with E-state index in [4.69, 9.17) is 0 Å². The fourth-order valence-electron chi connectivity index (χ4n) is 1.76. The normalized spacial score (nSPS) is 14.4. The predicted molar refractivity (Wildman–Crippen MR) is 70.8 cm³/mol. The quantitative estimate of drug-likeness (QED) is 0.761. The van der Waals surface area contributed by atoms with Crippen LogP contribution in [0.4, 0.5) is 0 Å². The van der Waals surface area contributed by atoms with Gasteiger partial charge in [0.15, 0.2) is 0 Å². The first-order valence-corrected chi connectivity index (χ1v) is 6.29. The molecule has 16 heavy (non-hydrogen) atoms. The molecule has 0 amide bonds. The van der Waals surface area contributed by atoms with Gasteiger partial charge in [0.25, 0.3) is 0 Å². The van der Waals surface area contributed by atoms with Crippen LogP contribution in [0.5, 0.6) is 0 Å². The fourth-order valence-corrected chi connectivity index (χ4v) is 2.37. The molecule has 0 bridgehead atoms. The van der Waals surface area contributed by atoms with Gasteiger partial charge in [0, 0.05) is 17.2 Å². The molecule has 1 nitrogen and oxygen atoms in total. The first-order chi connectivity index (χ1) is 7.79. The Morgan fingerprint density at radius 1 is 0.938 bits per heavy atom. The van der Waals surface area contributed by atoms with Crippen molar-refractivity contribution in [3.63, 3.8) is 0 Å². The lowest BCUT2D eigenvalue weighted by Crippen LogP contribution is -2.01. The molecule has 0 aliphatic carbocycles. The van der Waals surface area contributed by atoms with Gasteiger partial charge in [-0.3, -0.25) is 4.98 Å². The number of rotatable bonds is 3. The van der Waals surface area contributed by atoms with Gasteiger partial charge in [-0.05, 0) is 29.2 Å². The summed E-state index contributed by atoms with van der Waals surface area (Å²) in [6.07, 6.45) is 3.69. The Hall–Kier alpha value is -1.15. The van der Waals surface area contributed by atoms with E-state index in [0.717, 1.165) is 0 Å². The Morgan fingerprint density at radius 2 is 1.56 bits per heavy atom. The van der Waals surface area contributed by atoms with Crippen molar-refractivity contribution in [3.05, 3.63) is 66.0 Å². The minimum absolute atomic E-state index is 0.344. The average Bonchev–Trinajstić information content (AvgIpc) is 2.39. The van der Waals surface area contributed by atoms with E-state index in [1.54, 1.807) is 0 Å². The summed E-state index contributed by atoms with van der Waals surface area (Å²) in [6, 6.07) is 14.6. The lowest BCUT2D eigenvalue weighted by atomic mass is 9.94. The SMILES string of the molecule is CC(c1ccncc1)C(Br)c1ccccc1. The van der Waals surface area contributed by atoms with Gasteiger partial charge in [-0.15, -0.1) is 0 Å². The Bertz CT molecular complexity index is 384. The van der Waals surface area contributed by atoms with E-state index in [-0.39, 0.29) is 0 Å². The highest BCUT2D eigenvalue weighted by molar-refractivity contribution is 9.09. The van der Waals surface area contributed by atoms with Gasteiger partial charge in [-0.2, -0.15) is 0 Å². The van der Waals surface area contributed by atoms with E-state index < -0.39 is 0 Å². The van der Waals surface area contributed by atoms with E-state index in [1.165, 1.54) is 11.1 Å². The number of aromatic nitrogens is 1. The van der Waals surface area contributed by atoms with E-state index in [1.807, 2.05) is 18.5 Å². The number of hydrogen-bond acceptors (Lipinski definition) is 1. The van der Waals surface area contributed by atoms with E-state index in [9.17, 15) is 0 Å². The monoisotopic (exact) mass is 275 g/mol. The van der Waals surface area contributed by atoms with Crippen molar-refractivity contribution < 1.29 is 0 Å². The molecule has 0 saturated carbocycles. The summed E-state index contributed by atoms with van der Waals surface area (Å²) in [5.41, 5.74) is 2.62. The summed E-state index contributed by atoms with van der Waals surface area (Å²) in [5, 5.41) is 0.